The Hall–Kier alpha value is -4.35. The third-order valence-corrected chi connectivity index (χ3v) is 6.85. The van der Waals surface area contributed by atoms with Gasteiger partial charge in [0.15, 0.2) is 11.6 Å². The maximum absolute atomic E-state index is 14.8. The highest BCUT2D eigenvalue weighted by Gasteiger charge is 2.34. The topological polar surface area (TPSA) is 95.0 Å². The maximum atomic E-state index is 14.8. The van der Waals surface area contributed by atoms with Gasteiger partial charge < -0.3 is 19.7 Å². The first-order chi connectivity index (χ1) is 17.9. The molecule has 0 atom stereocenters. The lowest BCUT2D eigenvalue weighted by atomic mass is 10.1. The van der Waals surface area contributed by atoms with E-state index in [1.165, 1.54) is 17.0 Å². The van der Waals surface area contributed by atoms with Crippen molar-refractivity contribution >= 4 is 23.4 Å². The number of nitrogens with zero attached hydrogens (tertiary/aromatic N) is 6. The largest absolute Gasteiger partial charge is 0.342 e. The van der Waals surface area contributed by atoms with E-state index in [-0.39, 0.29) is 36.5 Å². The second-order valence-electron chi connectivity index (χ2n) is 9.21. The highest BCUT2D eigenvalue weighted by molar-refractivity contribution is 5.94. The van der Waals surface area contributed by atoms with Gasteiger partial charge in [-0.3, -0.25) is 9.89 Å². The molecule has 0 unspecified atom stereocenters. The number of rotatable bonds is 5. The molecule has 1 saturated heterocycles. The first-order valence-electron chi connectivity index (χ1n) is 11.8. The van der Waals surface area contributed by atoms with Gasteiger partial charge in [0.25, 0.3) is 5.91 Å². The number of carbonyl (C=O) groups excluding carboxylic acids is 1. The van der Waals surface area contributed by atoms with Crippen LogP contribution in [0.4, 0.5) is 30.6 Å². The summed E-state index contributed by atoms with van der Waals surface area (Å²) < 4.78 is 44.4. The number of fused-ring (bicyclic) bond motifs is 1. The zero-order valence-electron chi connectivity index (χ0n) is 19.9. The van der Waals surface area contributed by atoms with Gasteiger partial charge in [-0.05, 0) is 35.7 Å². The summed E-state index contributed by atoms with van der Waals surface area (Å²) in [4.78, 5) is 24.6. The molecule has 3 aromatic heterocycles. The number of aromatic amines is 1. The Morgan fingerprint density at radius 3 is 2.70 bits per heavy atom. The molecule has 2 aliphatic heterocycles. The number of likely N-dealkylation sites (tertiary alicyclic amines) is 1. The molecule has 190 valence electrons. The molecule has 5 heterocycles. The smallest absolute Gasteiger partial charge is 0.270 e. The molecule has 1 fully saturated rings. The lowest BCUT2D eigenvalue weighted by Gasteiger charge is -2.34. The minimum absolute atomic E-state index is 0.0730. The zero-order valence-corrected chi connectivity index (χ0v) is 19.9. The number of halogens is 3. The number of H-pyrrole nitrogens is 1. The number of alkyl halides is 1. The first-order valence-corrected chi connectivity index (χ1v) is 11.8. The van der Waals surface area contributed by atoms with Crippen molar-refractivity contribution in [3.63, 3.8) is 0 Å². The van der Waals surface area contributed by atoms with Crippen molar-refractivity contribution in [2.24, 2.45) is 7.05 Å². The van der Waals surface area contributed by atoms with E-state index >= 15 is 0 Å². The minimum Gasteiger partial charge on any atom is -0.342 e. The van der Waals surface area contributed by atoms with Crippen LogP contribution in [0.1, 0.15) is 21.7 Å². The number of carbonyl (C=O) groups is 1. The van der Waals surface area contributed by atoms with Crippen molar-refractivity contribution in [3.05, 3.63) is 71.4 Å². The quantitative estimate of drug-likeness (QED) is 0.428. The summed E-state index contributed by atoms with van der Waals surface area (Å²) in [5.74, 6) is -1.34. The van der Waals surface area contributed by atoms with E-state index in [0.717, 1.165) is 23.0 Å². The third kappa shape index (κ3) is 4.17. The van der Waals surface area contributed by atoms with Gasteiger partial charge in [-0.25, -0.2) is 18.2 Å². The fraction of sp³-hybridized carbons (Fsp3) is 0.280. The molecular formula is C25H23F3N8O. The van der Waals surface area contributed by atoms with Gasteiger partial charge in [0.1, 0.15) is 17.7 Å². The molecule has 0 radical (unpaired) electrons. The predicted octanol–water partition coefficient (Wildman–Crippen LogP) is 3.58. The van der Waals surface area contributed by atoms with Gasteiger partial charge in [0.2, 0.25) is 5.95 Å². The van der Waals surface area contributed by atoms with Gasteiger partial charge in [-0.2, -0.15) is 10.1 Å². The summed E-state index contributed by atoms with van der Waals surface area (Å²) in [5, 5.41) is 9.28. The van der Waals surface area contributed by atoms with Crippen LogP contribution in [-0.4, -0.2) is 61.3 Å². The summed E-state index contributed by atoms with van der Waals surface area (Å²) >= 11 is 0. The Bertz CT molecular complexity index is 1480. The third-order valence-electron chi connectivity index (χ3n) is 6.85. The van der Waals surface area contributed by atoms with Crippen LogP contribution in [-0.2, 0) is 20.0 Å². The summed E-state index contributed by atoms with van der Waals surface area (Å²) in [6.45, 7) is 1.20. The summed E-state index contributed by atoms with van der Waals surface area (Å²) in [6.07, 6.45) is 3.96. The van der Waals surface area contributed by atoms with Crippen molar-refractivity contribution in [2.45, 2.75) is 19.1 Å². The van der Waals surface area contributed by atoms with Crippen LogP contribution in [0.5, 0.6) is 0 Å². The molecule has 1 amide bonds. The molecule has 37 heavy (non-hydrogen) atoms. The lowest BCUT2D eigenvalue weighted by molar-refractivity contribution is 0.0391. The molecule has 2 aliphatic rings. The average Bonchev–Trinajstić information content (AvgIpc) is 3.53. The molecule has 6 rings (SSSR count). The van der Waals surface area contributed by atoms with Crippen LogP contribution >= 0.6 is 0 Å². The van der Waals surface area contributed by atoms with Crippen LogP contribution in [0.2, 0.25) is 0 Å². The Morgan fingerprint density at radius 2 is 1.97 bits per heavy atom. The van der Waals surface area contributed by atoms with E-state index in [1.54, 1.807) is 25.5 Å². The second kappa shape index (κ2) is 8.95. The molecule has 9 nitrogen and oxygen atoms in total. The highest BCUT2D eigenvalue weighted by Crippen LogP contribution is 2.29. The number of aromatic nitrogens is 5. The van der Waals surface area contributed by atoms with Crippen LogP contribution in [0.15, 0.2) is 42.9 Å². The molecule has 0 spiro atoms. The van der Waals surface area contributed by atoms with Gasteiger partial charge in [-0.1, -0.05) is 6.07 Å². The van der Waals surface area contributed by atoms with Crippen molar-refractivity contribution in [2.75, 3.05) is 29.9 Å². The highest BCUT2D eigenvalue weighted by atomic mass is 19.1. The molecule has 0 bridgehead atoms. The van der Waals surface area contributed by atoms with Crippen molar-refractivity contribution in [1.29, 1.82) is 0 Å². The van der Waals surface area contributed by atoms with E-state index in [0.29, 0.717) is 30.8 Å². The summed E-state index contributed by atoms with van der Waals surface area (Å²) in [7, 11) is 1.80. The van der Waals surface area contributed by atoms with Crippen LogP contribution < -0.4 is 10.2 Å². The van der Waals surface area contributed by atoms with Crippen LogP contribution in [0.25, 0.3) is 11.1 Å². The van der Waals surface area contributed by atoms with E-state index in [4.69, 9.17) is 0 Å². The molecule has 1 aromatic carbocycles. The van der Waals surface area contributed by atoms with E-state index in [1.807, 2.05) is 15.5 Å². The number of anilines is 3. The van der Waals surface area contributed by atoms with Crippen molar-refractivity contribution in [1.82, 2.24) is 29.6 Å². The Labute approximate surface area is 209 Å². The maximum Gasteiger partial charge on any atom is 0.270 e. The van der Waals surface area contributed by atoms with E-state index in [2.05, 4.69) is 25.5 Å². The lowest BCUT2D eigenvalue weighted by Crippen LogP contribution is -2.51. The number of nitrogens with one attached hydrogen (secondary N) is 2. The molecule has 2 N–H and O–H groups in total. The first kappa shape index (κ1) is 23.1. The predicted molar refractivity (Wildman–Crippen MR) is 130 cm³/mol. The molecule has 4 aromatic rings. The SMILES string of the molecule is Cn1c(C(=O)N2CC(F)C2)cc2c1CN(c1ncc(F)c(Nc3ccc(-c4cn[nH]c4)cc3F)n1)CC2. The standard InChI is InChI=1S/C25H23F3N8O/c1-34-21(24(37)36-11-17(26)12-36)7-15-4-5-35(13-22(15)34)25-29-10-19(28)23(33-25)32-20-3-2-14(6-18(20)27)16-8-30-31-9-16/h2-3,6-10,17H,4-5,11-13H2,1H3,(H,30,31)(H,29,32,33). The van der Waals surface area contributed by atoms with Gasteiger partial charge in [-0.15, -0.1) is 0 Å². The fourth-order valence-electron chi connectivity index (χ4n) is 4.70. The Morgan fingerprint density at radius 1 is 1.14 bits per heavy atom. The number of benzene rings is 1. The number of hydrogen-bond acceptors (Lipinski definition) is 6. The average molecular weight is 509 g/mol. The molecular weight excluding hydrogens is 485 g/mol. The van der Waals surface area contributed by atoms with Gasteiger partial charge in [0.05, 0.1) is 37.7 Å². The normalized spacial score (nSPS) is 15.5. The summed E-state index contributed by atoms with van der Waals surface area (Å²) in [6, 6.07) is 6.40. The zero-order chi connectivity index (χ0) is 25.7. The molecule has 12 heteroatoms. The molecule has 0 saturated carbocycles. The fourth-order valence-corrected chi connectivity index (χ4v) is 4.70. The van der Waals surface area contributed by atoms with Crippen LogP contribution in [0.3, 0.4) is 0 Å². The Balaban J connectivity index is 1.22. The monoisotopic (exact) mass is 508 g/mol. The van der Waals surface area contributed by atoms with Gasteiger partial charge in [0, 0.05) is 31.0 Å². The van der Waals surface area contributed by atoms with E-state index in [9.17, 15) is 18.0 Å². The minimum atomic E-state index is -0.962. The molecule has 0 aliphatic carbocycles. The van der Waals surface area contributed by atoms with Gasteiger partial charge >= 0.3 is 0 Å². The number of hydrogen-bond donors (Lipinski definition) is 2. The Kier molecular flexibility index (Phi) is 5.58. The van der Waals surface area contributed by atoms with Crippen molar-refractivity contribution in [3.8, 4) is 11.1 Å². The second-order valence-corrected chi connectivity index (χ2v) is 9.21. The van der Waals surface area contributed by atoms with Crippen LogP contribution in [0, 0.1) is 11.6 Å². The summed E-state index contributed by atoms with van der Waals surface area (Å²) in [5.41, 5.74) is 3.88. The van der Waals surface area contributed by atoms with Crippen molar-refractivity contribution < 1.29 is 18.0 Å². The number of amides is 1. The van der Waals surface area contributed by atoms with E-state index < -0.39 is 17.8 Å².